The smallest absolute Gasteiger partial charge is 0.454 e. The van der Waals surface area contributed by atoms with E-state index in [1.54, 1.807) is 17.4 Å². The maximum Gasteiger partial charge on any atom is 0.471 e. The molecule has 2 atom stereocenters. The second-order valence-corrected chi connectivity index (χ2v) is 7.74. The molecule has 1 heterocycles. The molecular formula is C20H19F3N2O4. The number of fused-ring (bicyclic) bond motifs is 5. The summed E-state index contributed by atoms with van der Waals surface area (Å²) in [6.45, 7) is 3.81. The number of amides is 1. The highest BCUT2D eigenvalue weighted by molar-refractivity contribution is 6.15. The van der Waals surface area contributed by atoms with Gasteiger partial charge in [-0.3, -0.25) is 9.59 Å². The number of benzene rings is 1. The number of ether oxygens (including phenoxy) is 1. The molecule has 4 rings (SSSR count). The van der Waals surface area contributed by atoms with Gasteiger partial charge in [-0.2, -0.15) is 13.2 Å². The predicted molar refractivity (Wildman–Crippen MR) is 95.5 cm³/mol. The molecule has 2 aliphatic carbocycles. The predicted octanol–water partition coefficient (Wildman–Crippen LogP) is 2.28. The molecule has 1 aliphatic heterocycles. The first-order valence-electron chi connectivity index (χ1n) is 9.13. The number of nitrogens with one attached hydrogen (secondary N) is 1. The normalized spacial score (nSPS) is 28.0. The number of aliphatic hydroxyl groups is 1. The summed E-state index contributed by atoms with van der Waals surface area (Å²) in [6.07, 6.45) is -3.07. The molecule has 1 aromatic carbocycles. The van der Waals surface area contributed by atoms with E-state index in [0.717, 1.165) is 5.56 Å². The molecule has 0 spiro atoms. The topological polar surface area (TPSA) is 102 Å². The van der Waals surface area contributed by atoms with Gasteiger partial charge in [-0.15, -0.1) is 0 Å². The number of carbonyl (C=O) groups excluding carboxylic acids is 2. The average Bonchev–Trinajstić information content (AvgIpc) is 2.98. The number of rotatable bonds is 2. The number of hydrogen-bond donors (Lipinski definition) is 3. The van der Waals surface area contributed by atoms with Gasteiger partial charge in [0.2, 0.25) is 11.3 Å². The molecular weight excluding hydrogens is 389 g/mol. The van der Waals surface area contributed by atoms with Gasteiger partial charge in [0, 0.05) is 22.4 Å². The molecule has 0 radical (unpaired) electrons. The number of alkyl halides is 3. The first-order chi connectivity index (χ1) is 13.4. The Labute approximate surface area is 164 Å². The van der Waals surface area contributed by atoms with Crippen LogP contribution in [0.3, 0.4) is 0 Å². The van der Waals surface area contributed by atoms with E-state index in [2.05, 4.69) is 0 Å². The molecule has 0 saturated heterocycles. The Bertz CT molecular complexity index is 1010. The summed E-state index contributed by atoms with van der Waals surface area (Å²) in [5.74, 6) is -5.69. The second kappa shape index (κ2) is 5.85. The third kappa shape index (κ3) is 2.40. The van der Waals surface area contributed by atoms with Crippen molar-refractivity contribution in [3.05, 3.63) is 52.2 Å². The van der Waals surface area contributed by atoms with Crippen LogP contribution < -0.4 is 15.8 Å². The molecule has 2 unspecified atom stereocenters. The highest BCUT2D eigenvalue weighted by Crippen LogP contribution is 2.59. The van der Waals surface area contributed by atoms with Crippen molar-refractivity contribution in [3.8, 4) is 5.75 Å². The summed E-state index contributed by atoms with van der Waals surface area (Å²) in [4.78, 5) is 25.3. The Hall–Kier alpha value is -2.81. The number of allylic oxidation sites excluding steroid dienone is 2. The third-order valence-corrected chi connectivity index (χ3v) is 5.69. The zero-order chi connectivity index (χ0) is 21.4. The zero-order valence-corrected chi connectivity index (χ0v) is 15.7. The van der Waals surface area contributed by atoms with E-state index < -0.39 is 29.2 Å². The summed E-state index contributed by atoms with van der Waals surface area (Å²) in [6, 6.07) is 4.59. The number of ketones is 1. The van der Waals surface area contributed by atoms with Crippen LogP contribution in [-0.2, 0) is 15.1 Å². The lowest BCUT2D eigenvalue weighted by Gasteiger charge is -2.34. The first kappa shape index (κ1) is 19.5. The molecule has 9 heteroatoms. The lowest BCUT2D eigenvalue weighted by molar-refractivity contribution is -0.186. The highest BCUT2D eigenvalue weighted by atomic mass is 19.4. The van der Waals surface area contributed by atoms with Crippen LogP contribution in [0.15, 0.2) is 41.1 Å². The standard InChI is InChI=1S/C20H19F3N2O4/c1-9(2)10-6-7-11-14(8-10)29-19(28)12-4-3-5-13(24)15(12)16(26)18(11,19)25-17(27)20(21,22)23/h4,6-9,28H,3,5,24H2,1-2H3,(H,25,27). The molecule has 1 fully saturated rings. The van der Waals surface area contributed by atoms with Gasteiger partial charge >= 0.3 is 12.1 Å². The number of halogens is 3. The number of hydrogen-bond acceptors (Lipinski definition) is 5. The molecule has 1 aromatic rings. The lowest BCUT2D eigenvalue weighted by Crippen LogP contribution is -2.63. The van der Waals surface area contributed by atoms with Crippen molar-refractivity contribution in [1.82, 2.24) is 5.32 Å². The Morgan fingerprint density at radius 3 is 2.66 bits per heavy atom. The van der Waals surface area contributed by atoms with Crippen LogP contribution in [0, 0.1) is 0 Å². The largest absolute Gasteiger partial charge is 0.471 e. The van der Waals surface area contributed by atoms with E-state index >= 15 is 0 Å². The molecule has 0 aromatic heterocycles. The monoisotopic (exact) mass is 408 g/mol. The highest BCUT2D eigenvalue weighted by Gasteiger charge is 2.74. The molecule has 4 N–H and O–H groups in total. The molecule has 6 nitrogen and oxygen atoms in total. The van der Waals surface area contributed by atoms with Gasteiger partial charge in [-0.25, -0.2) is 0 Å². The van der Waals surface area contributed by atoms with Gasteiger partial charge < -0.3 is 20.9 Å². The third-order valence-electron chi connectivity index (χ3n) is 5.69. The van der Waals surface area contributed by atoms with Crippen LogP contribution in [-0.4, -0.2) is 28.8 Å². The van der Waals surface area contributed by atoms with Gasteiger partial charge in [0.25, 0.3) is 5.79 Å². The molecule has 154 valence electrons. The number of carbonyl (C=O) groups is 2. The Balaban J connectivity index is 1.99. The van der Waals surface area contributed by atoms with Crippen molar-refractivity contribution in [1.29, 1.82) is 0 Å². The van der Waals surface area contributed by atoms with E-state index in [9.17, 15) is 27.9 Å². The van der Waals surface area contributed by atoms with E-state index in [1.807, 2.05) is 13.8 Å². The second-order valence-electron chi connectivity index (χ2n) is 7.74. The van der Waals surface area contributed by atoms with Crippen molar-refractivity contribution in [2.24, 2.45) is 5.73 Å². The minimum Gasteiger partial charge on any atom is -0.454 e. The van der Waals surface area contributed by atoms with E-state index in [-0.39, 0.29) is 34.1 Å². The molecule has 3 aliphatic rings. The van der Waals surface area contributed by atoms with Crippen LogP contribution in [0.25, 0.3) is 0 Å². The van der Waals surface area contributed by atoms with Crippen molar-refractivity contribution in [3.63, 3.8) is 0 Å². The maximum atomic E-state index is 13.4. The summed E-state index contributed by atoms with van der Waals surface area (Å²) >= 11 is 0. The number of Topliss-reactive ketones (excluding diaryl/α,β-unsaturated/α-hetero) is 1. The Kier molecular flexibility index (Phi) is 3.94. The number of nitrogens with two attached hydrogens (primary N) is 1. The van der Waals surface area contributed by atoms with E-state index in [1.165, 1.54) is 12.1 Å². The van der Waals surface area contributed by atoms with E-state index in [4.69, 9.17) is 10.5 Å². The van der Waals surface area contributed by atoms with Crippen LogP contribution >= 0.6 is 0 Å². The van der Waals surface area contributed by atoms with Crippen LogP contribution in [0.2, 0.25) is 0 Å². The van der Waals surface area contributed by atoms with Gasteiger partial charge in [-0.05, 0) is 30.4 Å². The summed E-state index contributed by atoms with van der Waals surface area (Å²) in [5, 5.41) is 13.2. The fraction of sp³-hybridized carbons (Fsp3) is 0.400. The first-order valence-corrected chi connectivity index (χ1v) is 9.13. The fourth-order valence-electron chi connectivity index (χ4n) is 4.23. The van der Waals surface area contributed by atoms with Crippen molar-refractivity contribution in [2.45, 2.75) is 50.1 Å². The minimum atomic E-state index is -5.27. The maximum absolute atomic E-state index is 13.4. The molecule has 1 saturated carbocycles. The molecule has 1 amide bonds. The average molecular weight is 408 g/mol. The van der Waals surface area contributed by atoms with Crippen LogP contribution in [0.5, 0.6) is 5.75 Å². The Morgan fingerprint density at radius 1 is 1.34 bits per heavy atom. The summed E-state index contributed by atoms with van der Waals surface area (Å²) < 4.78 is 45.0. The van der Waals surface area contributed by atoms with Crippen molar-refractivity contribution < 1.29 is 32.6 Å². The lowest BCUT2D eigenvalue weighted by atomic mass is 9.83. The van der Waals surface area contributed by atoms with Gasteiger partial charge in [0.05, 0.1) is 0 Å². The molecule has 0 bridgehead atoms. The zero-order valence-electron chi connectivity index (χ0n) is 15.7. The van der Waals surface area contributed by atoms with Crippen LogP contribution in [0.1, 0.15) is 43.7 Å². The van der Waals surface area contributed by atoms with Gasteiger partial charge in [-0.1, -0.05) is 32.1 Å². The molecule has 29 heavy (non-hydrogen) atoms. The SMILES string of the molecule is CC(C)c1ccc2c(c1)OC1(O)C3=CCCC(N)=C3C(=O)C21NC(=O)C(F)(F)F. The van der Waals surface area contributed by atoms with Crippen LogP contribution in [0.4, 0.5) is 13.2 Å². The van der Waals surface area contributed by atoms with E-state index in [0.29, 0.717) is 12.8 Å². The summed E-state index contributed by atoms with van der Waals surface area (Å²) in [7, 11) is 0. The minimum absolute atomic E-state index is 0.0176. The fourth-order valence-corrected chi connectivity index (χ4v) is 4.23. The van der Waals surface area contributed by atoms with Gasteiger partial charge in [0.15, 0.2) is 0 Å². The Morgan fingerprint density at radius 2 is 2.03 bits per heavy atom. The van der Waals surface area contributed by atoms with Gasteiger partial charge in [0.1, 0.15) is 5.75 Å². The van der Waals surface area contributed by atoms with Crippen molar-refractivity contribution >= 4 is 11.7 Å². The van der Waals surface area contributed by atoms with Crippen molar-refractivity contribution in [2.75, 3.05) is 0 Å². The summed E-state index contributed by atoms with van der Waals surface area (Å²) in [5.41, 5.74) is 4.26. The quantitative estimate of drug-likeness (QED) is 0.697.